The maximum absolute atomic E-state index is 13.0. The van der Waals surface area contributed by atoms with Gasteiger partial charge in [0, 0.05) is 24.7 Å². The highest BCUT2D eigenvalue weighted by Crippen LogP contribution is 2.26. The lowest BCUT2D eigenvalue weighted by Gasteiger charge is -2.15. The molecule has 0 spiro atoms. The minimum absolute atomic E-state index is 0.324. The van der Waals surface area contributed by atoms with Crippen LogP contribution in [0.1, 0.15) is 49.2 Å². The molecule has 6 nitrogen and oxygen atoms in total. The summed E-state index contributed by atoms with van der Waals surface area (Å²) in [7, 11) is 0. The summed E-state index contributed by atoms with van der Waals surface area (Å²) in [4.78, 5) is 11.7. The molecule has 1 aromatic heterocycles. The van der Waals surface area contributed by atoms with Gasteiger partial charge in [-0.3, -0.25) is 9.48 Å². The van der Waals surface area contributed by atoms with Gasteiger partial charge in [0.25, 0.3) is 5.91 Å². The molecule has 2 heterocycles. The van der Waals surface area contributed by atoms with Crippen molar-refractivity contribution in [2.45, 2.75) is 52.2 Å². The van der Waals surface area contributed by atoms with E-state index >= 15 is 0 Å². The Morgan fingerprint density at radius 2 is 2.04 bits per heavy atom. The van der Waals surface area contributed by atoms with Gasteiger partial charge in [-0.1, -0.05) is 20.3 Å². The van der Waals surface area contributed by atoms with Gasteiger partial charge >= 0.3 is 0 Å². The van der Waals surface area contributed by atoms with Crippen LogP contribution >= 0.6 is 0 Å². The number of carbonyl (C=O) groups is 1. The first-order valence-electron chi connectivity index (χ1n) is 9.09. The van der Waals surface area contributed by atoms with Crippen molar-refractivity contribution in [1.29, 1.82) is 0 Å². The highest BCUT2D eigenvalue weighted by molar-refractivity contribution is 6.00. The van der Waals surface area contributed by atoms with Crippen molar-refractivity contribution in [3.8, 4) is 11.3 Å². The number of nitrogens with two attached hydrogens (primary N) is 2. The van der Waals surface area contributed by atoms with Crippen LogP contribution in [0.3, 0.4) is 0 Å². The molecule has 0 saturated heterocycles. The second-order valence-electron chi connectivity index (χ2n) is 6.40. The third-order valence-electron chi connectivity index (χ3n) is 4.40. The number of carbonyl (C=O) groups excluding carboxylic acids is 1. The van der Waals surface area contributed by atoms with Crippen LogP contribution in [0.4, 0.5) is 4.39 Å². The van der Waals surface area contributed by atoms with E-state index in [0.29, 0.717) is 36.0 Å². The highest BCUT2D eigenvalue weighted by Gasteiger charge is 2.24. The van der Waals surface area contributed by atoms with E-state index in [-0.39, 0.29) is 5.82 Å². The van der Waals surface area contributed by atoms with E-state index in [0.717, 1.165) is 18.7 Å². The van der Waals surface area contributed by atoms with Gasteiger partial charge in [0.2, 0.25) is 0 Å². The first kappa shape index (κ1) is 20.1. The predicted octanol–water partition coefficient (Wildman–Crippen LogP) is 2.42. The van der Waals surface area contributed by atoms with Gasteiger partial charge in [-0.15, -0.1) is 0 Å². The first-order valence-corrected chi connectivity index (χ1v) is 9.09. The maximum atomic E-state index is 13.0. The Labute approximate surface area is 153 Å². The third kappa shape index (κ3) is 4.89. The van der Waals surface area contributed by atoms with E-state index in [1.54, 1.807) is 16.8 Å². The summed E-state index contributed by atoms with van der Waals surface area (Å²) in [5.41, 5.74) is 13.5. The van der Waals surface area contributed by atoms with E-state index in [1.165, 1.54) is 25.0 Å². The van der Waals surface area contributed by atoms with Crippen LogP contribution in [0.2, 0.25) is 0 Å². The fourth-order valence-corrected chi connectivity index (χ4v) is 2.90. The van der Waals surface area contributed by atoms with Gasteiger partial charge in [0.1, 0.15) is 11.5 Å². The SMILES string of the molecule is CCCC(N)CC.NC(=O)c1c(-c2ccc(F)cc2)nn2c1CNCC2. The molecule has 0 saturated carbocycles. The van der Waals surface area contributed by atoms with E-state index in [4.69, 9.17) is 11.5 Å². The molecule has 0 bridgehead atoms. The molecular formula is C19H28FN5O. The normalized spacial score (nSPS) is 14.2. The fourth-order valence-electron chi connectivity index (χ4n) is 2.90. The molecule has 1 aromatic carbocycles. The minimum atomic E-state index is -0.510. The van der Waals surface area contributed by atoms with Crippen LogP contribution in [-0.4, -0.2) is 28.3 Å². The number of fused-ring (bicyclic) bond motifs is 1. The fraction of sp³-hybridized carbons (Fsp3) is 0.474. The van der Waals surface area contributed by atoms with Crippen LogP contribution in [-0.2, 0) is 13.1 Å². The number of hydrogen-bond donors (Lipinski definition) is 3. The van der Waals surface area contributed by atoms with Crippen molar-refractivity contribution >= 4 is 5.91 Å². The summed E-state index contributed by atoms with van der Waals surface area (Å²) in [6, 6.07) is 6.34. The molecule has 7 heteroatoms. The van der Waals surface area contributed by atoms with Crippen LogP contribution in [0.5, 0.6) is 0 Å². The number of aromatic nitrogens is 2. The minimum Gasteiger partial charge on any atom is -0.365 e. The number of amides is 1. The van der Waals surface area contributed by atoms with E-state index in [2.05, 4.69) is 24.3 Å². The van der Waals surface area contributed by atoms with Gasteiger partial charge < -0.3 is 16.8 Å². The van der Waals surface area contributed by atoms with Crippen LogP contribution < -0.4 is 16.8 Å². The topological polar surface area (TPSA) is 99.0 Å². The van der Waals surface area contributed by atoms with Gasteiger partial charge in [0.15, 0.2) is 0 Å². The van der Waals surface area contributed by atoms with Crippen molar-refractivity contribution in [3.63, 3.8) is 0 Å². The molecule has 2 aromatic rings. The molecular weight excluding hydrogens is 333 g/mol. The van der Waals surface area contributed by atoms with Crippen molar-refractivity contribution in [3.05, 3.63) is 41.3 Å². The molecule has 0 aliphatic carbocycles. The zero-order chi connectivity index (χ0) is 19.1. The maximum Gasteiger partial charge on any atom is 0.252 e. The molecule has 26 heavy (non-hydrogen) atoms. The Kier molecular flexibility index (Phi) is 7.29. The molecule has 3 rings (SSSR count). The Bertz CT molecular complexity index is 726. The summed E-state index contributed by atoms with van der Waals surface area (Å²) in [5.74, 6) is -0.834. The number of rotatable bonds is 5. The van der Waals surface area contributed by atoms with Gasteiger partial charge in [0.05, 0.1) is 17.8 Å². The quantitative estimate of drug-likeness (QED) is 0.761. The smallest absolute Gasteiger partial charge is 0.252 e. The molecule has 1 aliphatic heterocycles. The van der Waals surface area contributed by atoms with E-state index < -0.39 is 5.91 Å². The number of hydrogen-bond acceptors (Lipinski definition) is 4. The number of benzene rings is 1. The molecule has 5 N–H and O–H groups in total. The monoisotopic (exact) mass is 361 g/mol. The zero-order valence-electron chi connectivity index (χ0n) is 15.5. The second-order valence-corrected chi connectivity index (χ2v) is 6.40. The average Bonchev–Trinajstić information content (AvgIpc) is 3.02. The lowest BCUT2D eigenvalue weighted by atomic mass is 10.0. The number of primary amides is 1. The summed E-state index contributed by atoms with van der Waals surface area (Å²) in [6.45, 7) is 6.34. The lowest BCUT2D eigenvalue weighted by Crippen LogP contribution is -2.30. The molecule has 1 atom stereocenters. The molecule has 1 amide bonds. The molecule has 142 valence electrons. The summed E-state index contributed by atoms with van der Waals surface area (Å²) < 4.78 is 14.7. The average molecular weight is 361 g/mol. The number of nitrogens with one attached hydrogen (secondary N) is 1. The number of halogens is 1. The Morgan fingerprint density at radius 1 is 1.35 bits per heavy atom. The van der Waals surface area contributed by atoms with Crippen LogP contribution in [0, 0.1) is 5.82 Å². The van der Waals surface area contributed by atoms with E-state index in [9.17, 15) is 9.18 Å². The van der Waals surface area contributed by atoms with Crippen LogP contribution in [0.15, 0.2) is 24.3 Å². The molecule has 0 radical (unpaired) electrons. The van der Waals surface area contributed by atoms with Gasteiger partial charge in [-0.05, 0) is 37.1 Å². The second kappa shape index (κ2) is 9.45. The Hall–Kier alpha value is -2.25. The van der Waals surface area contributed by atoms with Gasteiger partial charge in [-0.2, -0.15) is 5.10 Å². The van der Waals surface area contributed by atoms with Crippen molar-refractivity contribution in [2.24, 2.45) is 11.5 Å². The Morgan fingerprint density at radius 3 is 2.58 bits per heavy atom. The first-order chi connectivity index (χ1) is 12.5. The number of nitrogens with zero attached hydrogens (tertiary/aromatic N) is 2. The van der Waals surface area contributed by atoms with Crippen molar-refractivity contribution in [1.82, 2.24) is 15.1 Å². The lowest BCUT2D eigenvalue weighted by molar-refractivity contribution is 0.0999. The molecule has 0 fully saturated rings. The summed E-state index contributed by atoms with van der Waals surface area (Å²) in [6.07, 6.45) is 3.51. The largest absolute Gasteiger partial charge is 0.365 e. The Balaban J connectivity index is 0.000000298. The van der Waals surface area contributed by atoms with Crippen molar-refractivity contribution in [2.75, 3.05) is 6.54 Å². The van der Waals surface area contributed by atoms with Crippen molar-refractivity contribution < 1.29 is 9.18 Å². The molecule has 1 aliphatic rings. The highest BCUT2D eigenvalue weighted by atomic mass is 19.1. The van der Waals surface area contributed by atoms with Crippen LogP contribution in [0.25, 0.3) is 11.3 Å². The van der Waals surface area contributed by atoms with E-state index in [1.807, 2.05) is 0 Å². The standard InChI is InChI=1S/C13H13FN4O.C6H15N/c14-9-3-1-8(2-4-9)12-11(13(15)19)10-7-16-5-6-18(10)17-12;1-3-5-6(7)4-2/h1-4,16H,5-7H2,(H2,15,19);6H,3-5,7H2,1-2H3. The predicted molar refractivity (Wildman–Crippen MR) is 101 cm³/mol. The zero-order valence-corrected chi connectivity index (χ0v) is 15.5. The molecule has 1 unspecified atom stereocenters. The van der Waals surface area contributed by atoms with Gasteiger partial charge in [-0.25, -0.2) is 4.39 Å². The summed E-state index contributed by atoms with van der Waals surface area (Å²) >= 11 is 0. The summed E-state index contributed by atoms with van der Waals surface area (Å²) in [5, 5.41) is 7.61. The third-order valence-corrected chi connectivity index (χ3v) is 4.40.